The standard InChI is InChI=1S/C8H12BrN3/c1-5(2)3-7-11-4-6(9)8(10)12-7/h4-5H,3H2,1-2H3,(H2,10,11,12). The molecule has 0 atom stereocenters. The molecule has 0 fully saturated rings. The summed E-state index contributed by atoms with van der Waals surface area (Å²) in [6.07, 6.45) is 2.57. The van der Waals surface area contributed by atoms with Gasteiger partial charge in [0.25, 0.3) is 0 Å². The van der Waals surface area contributed by atoms with Crippen LogP contribution < -0.4 is 5.73 Å². The van der Waals surface area contributed by atoms with Crippen molar-refractivity contribution in [3.63, 3.8) is 0 Å². The smallest absolute Gasteiger partial charge is 0.141 e. The second kappa shape index (κ2) is 3.85. The maximum absolute atomic E-state index is 5.60. The number of anilines is 1. The van der Waals surface area contributed by atoms with E-state index < -0.39 is 0 Å². The van der Waals surface area contributed by atoms with Crippen LogP contribution in [0.15, 0.2) is 10.7 Å². The van der Waals surface area contributed by atoms with Gasteiger partial charge in [0.1, 0.15) is 11.6 Å². The van der Waals surface area contributed by atoms with E-state index in [0.29, 0.717) is 11.7 Å². The molecule has 0 aromatic carbocycles. The molecule has 0 bridgehead atoms. The fourth-order valence-electron chi connectivity index (χ4n) is 0.882. The maximum Gasteiger partial charge on any atom is 0.141 e. The van der Waals surface area contributed by atoms with Crippen LogP contribution >= 0.6 is 15.9 Å². The molecule has 1 aromatic heterocycles. The lowest BCUT2D eigenvalue weighted by molar-refractivity contribution is 0.621. The SMILES string of the molecule is CC(C)Cc1ncc(Br)c(N)n1. The Bertz CT molecular complexity index is 273. The number of nitrogen functional groups attached to an aromatic ring is 1. The first-order valence-corrected chi connectivity index (χ1v) is 4.65. The number of rotatable bonds is 2. The molecule has 0 aliphatic heterocycles. The van der Waals surface area contributed by atoms with Gasteiger partial charge in [0, 0.05) is 12.6 Å². The lowest BCUT2D eigenvalue weighted by Crippen LogP contribution is -2.03. The molecule has 3 nitrogen and oxygen atoms in total. The molecule has 0 saturated carbocycles. The van der Waals surface area contributed by atoms with E-state index in [1.165, 1.54) is 0 Å². The molecular weight excluding hydrogens is 218 g/mol. The Labute approximate surface area is 80.5 Å². The third kappa shape index (κ3) is 2.44. The van der Waals surface area contributed by atoms with Crippen LogP contribution in [0.25, 0.3) is 0 Å². The largest absolute Gasteiger partial charge is 0.383 e. The first kappa shape index (κ1) is 9.45. The third-order valence-electron chi connectivity index (χ3n) is 1.41. The predicted molar refractivity (Wildman–Crippen MR) is 52.7 cm³/mol. The first-order valence-electron chi connectivity index (χ1n) is 3.86. The molecule has 0 saturated heterocycles. The molecule has 2 N–H and O–H groups in total. The number of nitrogens with zero attached hydrogens (tertiary/aromatic N) is 2. The van der Waals surface area contributed by atoms with Crippen LogP contribution in [0.3, 0.4) is 0 Å². The minimum Gasteiger partial charge on any atom is -0.383 e. The van der Waals surface area contributed by atoms with Crippen molar-refractivity contribution < 1.29 is 0 Å². The summed E-state index contributed by atoms with van der Waals surface area (Å²) in [6, 6.07) is 0. The highest BCUT2D eigenvalue weighted by Crippen LogP contribution is 2.15. The first-order chi connectivity index (χ1) is 5.59. The van der Waals surface area contributed by atoms with E-state index in [2.05, 4.69) is 39.7 Å². The second-order valence-electron chi connectivity index (χ2n) is 3.12. The van der Waals surface area contributed by atoms with Crippen molar-refractivity contribution in [2.24, 2.45) is 5.92 Å². The van der Waals surface area contributed by atoms with E-state index in [1.54, 1.807) is 6.20 Å². The lowest BCUT2D eigenvalue weighted by atomic mass is 10.1. The van der Waals surface area contributed by atoms with Crippen LogP contribution in [0.4, 0.5) is 5.82 Å². The van der Waals surface area contributed by atoms with E-state index in [0.717, 1.165) is 16.7 Å². The highest BCUT2D eigenvalue weighted by molar-refractivity contribution is 9.10. The van der Waals surface area contributed by atoms with Gasteiger partial charge in [0.05, 0.1) is 4.47 Å². The normalized spacial score (nSPS) is 10.7. The van der Waals surface area contributed by atoms with E-state index >= 15 is 0 Å². The Kier molecular flexibility index (Phi) is 3.03. The Morgan fingerprint density at radius 3 is 2.75 bits per heavy atom. The molecule has 1 heterocycles. The average Bonchev–Trinajstić information content (AvgIpc) is 1.96. The lowest BCUT2D eigenvalue weighted by Gasteiger charge is -2.04. The van der Waals surface area contributed by atoms with Crippen LogP contribution in [0.5, 0.6) is 0 Å². The van der Waals surface area contributed by atoms with Crippen molar-refractivity contribution in [1.29, 1.82) is 0 Å². The van der Waals surface area contributed by atoms with Gasteiger partial charge in [-0.1, -0.05) is 13.8 Å². The predicted octanol–water partition coefficient (Wildman–Crippen LogP) is 2.02. The number of hydrogen-bond donors (Lipinski definition) is 1. The van der Waals surface area contributed by atoms with E-state index in [1.807, 2.05) is 0 Å². The molecule has 0 radical (unpaired) electrons. The van der Waals surface area contributed by atoms with Gasteiger partial charge in [-0.05, 0) is 21.8 Å². The average molecular weight is 230 g/mol. The molecule has 1 rings (SSSR count). The molecule has 66 valence electrons. The summed E-state index contributed by atoms with van der Waals surface area (Å²) < 4.78 is 0.759. The van der Waals surface area contributed by atoms with E-state index in [9.17, 15) is 0 Å². The topological polar surface area (TPSA) is 51.8 Å². The van der Waals surface area contributed by atoms with Crippen molar-refractivity contribution in [2.45, 2.75) is 20.3 Å². The Balaban J connectivity index is 2.82. The van der Waals surface area contributed by atoms with Gasteiger partial charge in [-0.25, -0.2) is 9.97 Å². The molecular formula is C8H12BrN3. The molecule has 0 aliphatic carbocycles. The number of hydrogen-bond acceptors (Lipinski definition) is 3. The summed E-state index contributed by atoms with van der Waals surface area (Å²) in [5.74, 6) is 1.89. The monoisotopic (exact) mass is 229 g/mol. The zero-order chi connectivity index (χ0) is 9.14. The fraction of sp³-hybridized carbons (Fsp3) is 0.500. The van der Waals surface area contributed by atoms with Gasteiger partial charge >= 0.3 is 0 Å². The summed E-state index contributed by atoms with van der Waals surface area (Å²) in [7, 11) is 0. The highest BCUT2D eigenvalue weighted by Gasteiger charge is 2.03. The van der Waals surface area contributed by atoms with Gasteiger partial charge < -0.3 is 5.73 Å². The van der Waals surface area contributed by atoms with Crippen LogP contribution in [-0.4, -0.2) is 9.97 Å². The molecule has 1 aromatic rings. The number of halogens is 1. The molecule has 0 spiro atoms. The highest BCUT2D eigenvalue weighted by atomic mass is 79.9. The van der Waals surface area contributed by atoms with Gasteiger partial charge in [-0.15, -0.1) is 0 Å². The Morgan fingerprint density at radius 2 is 2.25 bits per heavy atom. The van der Waals surface area contributed by atoms with Crippen LogP contribution in [-0.2, 0) is 6.42 Å². The van der Waals surface area contributed by atoms with Gasteiger partial charge in [-0.3, -0.25) is 0 Å². The molecule has 0 amide bonds. The second-order valence-corrected chi connectivity index (χ2v) is 3.97. The zero-order valence-electron chi connectivity index (χ0n) is 7.21. The van der Waals surface area contributed by atoms with Crippen molar-refractivity contribution >= 4 is 21.7 Å². The maximum atomic E-state index is 5.60. The van der Waals surface area contributed by atoms with E-state index in [4.69, 9.17) is 5.73 Å². The summed E-state index contributed by atoms with van der Waals surface area (Å²) in [6.45, 7) is 4.25. The van der Waals surface area contributed by atoms with Crippen molar-refractivity contribution in [2.75, 3.05) is 5.73 Å². The summed E-state index contributed by atoms with van der Waals surface area (Å²) in [4.78, 5) is 8.27. The number of aromatic nitrogens is 2. The molecule has 12 heavy (non-hydrogen) atoms. The quantitative estimate of drug-likeness (QED) is 0.845. The molecule has 4 heteroatoms. The summed E-state index contributed by atoms with van der Waals surface area (Å²) in [5.41, 5.74) is 5.60. The summed E-state index contributed by atoms with van der Waals surface area (Å²) in [5, 5.41) is 0. The van der Waals surface area contributed by atoms with Crippen molar-refractivity contribution in [3.05, 3.63) is 16.5 Å². The van der Waals surface area contributed by atoms with Crippen molar-refractivity contribution in [3.8, 4) is 0 Å². The van der Waals surface area contributed by atoms with Crippen molar-refractivity contribution in [1.82, 2.24) is 9.97 Å². The minimum atomic E-state index is 0.514. The van der Waals surface area contributed by atoms with E-state index in [-0.39, 0.29) is 0 Å². The van der Waals surface area contributed by atoms with Crippen LogP contribution in [0.2, 0.25) is 0 Å². The zero-order valence-corrected chi connectivity index (χ0v) is 8.80. The number of nitrogens with two attached hydrogens (primary N) is 1. The Morgan fingerprint density at radius 1 is 1.58 bits per heavy atom. The van der Waals surface area contributed by atoms with Gasteiger partial charge in [0.2, 0.25) is 0 Å². The Hall–Kier alpha value is -0.640. The summed E-state index contributed by atoms with van der Waals surface area (Å²) >= 11 is 3.25. The fourth-order valence-corrected chi connectivity index (χ4v) is 1.07. The third-order valence-corrected chi connectivity index (χ3v) is 2.02. The van der Waals surface area contributed by atoms with Gasteiger partial charge in [-0.2, -0.15) is 0 Å². The minimum absolute atomic E-state index is 0.514. The van der Waals surface area contributed by atoms with Crippen LogP contribution in [0, 0.1) is 5.92 Å². The van der Waals surface area contributed by atoms with Crippen LogP contribution in [0.1, 0.15) is 19.7 Å². The van der Waals surface area contributed by atoms with Gasteiger partial charge in [0.15, 0.2) is 0 Å². The molecule has 0 aliphatic rings. The molecule has 0 unspecified atom stereocenters.